The number of nitro groups is 1. The number of nitrogens with one attached hydrogen (secondary N) is 1. The second-order valence-electron chi connectivity index (χ2n) is 6.98. The van der Waals surface area contributed by atoms with Gasteiger partial charge in [-0.3, -0.25) is 20.3 Å². The second kappa shape index (κ2) is 8.31. The molecule has 0 fully saturated rings. The summed E-state index contributed by atoms with van der Waals surface area (Å²) < 4.78 is 5.77. The van der Waals surface area contributed by atoms with Crippen molar-refractivity contribution in [1.82, 2.24) is 5.01 Å². The summed E-state index contributed by atoms with van der Waals surface area (Å²) in [5.41, 5.74) is 0.740. The van der Waals surface area contributed by atoms with Crippen LogP contribution >= 0.6 is 11.8 Å². The molecule has 1 N–H and O–H groups in total. The molecule has 0 radical (unpaired) electrons. The maximum Gasteiger partial charge on any atom is 0.283 e. The lowest BCUT2D eigenvalue weighted by molar-refractivity contribution is -0.384. The van der Waals surface area contributed by atoms with Gasteiger partial charge in [-0.1, -0.05) is 13.8 Å². The first kappa shape index (κ1) is 20.7. The molecule has 0 atom stereocenters. The fraction of sp³-hybridized carbons (Fsp3) is 0.238. The predicted octanol–water partition coefficient (Wildman–Crippen LogP) is 4.91. The number of thioether (sulfide) groups is 1. The number of hydrazone groups is 1. The molecule has 9 nitrogen and oxygen atoms in total. The zero-order chi connectivity index (χ0) is 22.1. The van der Waals surface area contributed by atoms with Gasteiger partial charge < -0.3 is 4.42 Å². The average molecular weight is 437 g/mol. The Labute approximate surface area is 182 Å². The molecule has 10 heteroatoms. The van der Waals surface area contributed by atoms with Crippen LogP contribution in [-0.2, 0) is 4.79 Å². The van der Waals surface area contributed by atoms with Crippen molar-refractivity contribution in [1.29, 1.82) is 5.41 Å². The van der Waals surface area contributed by atoms with E-state index in [1.54, 1.807) is 24.3 Å². The molecule has 0 unspecified atom stereocenters. The molecule has 2 aliphatic heterocycles. The Morgan fingerprint density at radius 3 is 2.58 bits per heavy atom. The topological polar surface area (TPSA) is 125 Å². The van der Waals surface area contributed by atoms with Gasteiger partial charge in [0.1, 0.15) is 16.6 Å². The second-order valence-corrected chi connectivity index (χ2v) is 7.97. The number of nitrogens with zero attached hydrogens (tertiary/aromatic N) is 4. The third kappa shape index (κ3) is 3.93. The number of benzene rings is 1. The van der Waals surface area contributed by atoms with Crippen LogP contribution < -0.4 is 0 Å². The van der Waals surface area contributed by atoms with Crippen LogP contribution in [0.3, 0.4) is 0 Å². The monoisotopic (exact) mass is 437 g/mol. The number of amidine groups is 2. The van der Waals surface area contributed by atoms with Crippen molar-refractivity contribution >= 4 is 45.5 Å². The number of non-ortho nitro benzene ring substituents is 1. The fourth-order valence-electron chi connectivity index (χ4n) is 3.29. The van der Waals surface area contributed by atoms with Crippen LogP contribution in [0.4, 0.5) is 5.69 Å². The van der Waals surface area contributed by atoms with E-state index in [1.807, 2.05) is 0 Å². The van der Waals surface area contributed by atoms with Crippen LogP contribution in [-0.4, -0.2) is 31.9 Å². The van der Waals surface area contributed by atoms with E-state index in [4.69, 9.17) is 9.83 Å². The molecule has 2 aliphatic rings. The molecule has 4 rings (SSSR count). The van der Waals surface area contributed by atoms with Crippen molar-refractivity contribution in [3.63, 3.8) is 0 Å². The summed E-state index contributed by atoms with van der Waals surface area (Å²) in [4.78, 5) is 27.0. The molecule has 0 saturated heterocycles. The Morgan fingerprint density at radius 2 is 1.94 bits per heavy atom. The molecule has 1 aromatic carbocycles. The van der Waals surface area contributed by atoms with Crippen molar-refractivity contribution < 1.29 is 14.1 Å². The highest BCUT2D eigenvalue weighted by molar-refractivity contribution is 8.27. The quantitative estimate of drug-likeness (QED) is 0.389. The van der Waals surface area contributed by atoms with Gasteiger partial charge in [0, 0.05) is 23.6 Å². The van der Waals surface area contributed by atoms with Crippen molar-refractivity contribution in [2.24, 2.45) is 16.0 Å². The van der Waals surface area contributed by atoms with E-state index in [9.17, 15) is 14.9 Å². The minimum atomic E-state index is -0.516. The Kier molecular flexibility index (Phi) is 5.55. The number of rotatable bonds is 6. The molecular weight excluding hydrogens is 418 g/mol. The maximum atomic E-state index is 12.6. The lowest BCUT2D eigenvalue weighted by atomic mass is 10.1. The lowest BCUT2D eigenvalue weighted by Gasteiger charge is -2.19. The first-order valence-electron chi connectivity index (χ1n) is 9.76. The smallest absolute Gasteiger partial charge is 0.283 e. The summed E-state index contributed by atoms with van der Waals surface area (Å²) in [6, 6.07) is 9.34. The molecule has 3 heterocycles. The minimum absolute atomic E-state index is 0.00986. The summed E-state index contributed by atoms with van der Waals surface area (Å²) >= 11 is 1.34. The van der Waals surface area contributed by atoms with E-state index in [1.165, 1.54) is 35.0 Å². The van der Waals surface area contributed by atoms with Gasteiger partial charge in [0.25, 0.3) is 11.6 Å². The molecule has 0 saturated carbocycles. The van der Waals surface area contributed by atoms with Gasteiger partial charge in [0.2, 0.25) is 5.17 Å². The van der Waals surface area contributed by atoms with Gasteiger partial charge in [-0.15, -0.1) is 0 Å². The lowest BCUT2D eigenvalue weighted by Crippen LogP contribution is -2.35. The molecule has 158 valence electrons. The van der Waals surface area contributed by atoms with E-state index in [0.29, 0.717) is 22.3 Å². The van der Waals surface area contributed by atoms with Crippen molar-refractivity contribution in [3.8, 4) is 11.3 Å². The predicted molar refractivity (Wildman–Crippen MR) is 120 cm³/mol. The number of fused-ring (bicyclic) bond motifs is 1. The normalized spacial score (nSPS) is 17.3. The van der Waals surface area contributed by atoms with Crippen LogP contribution in [0.2, 0.25) is 0 Å². The van der Waals surface area contributed by atoms with Crippen LogP contribution in [0.25, 0.3) is 17.4 Å². The molecule has 2 aromatic rings. The molecule has 1 amide bonds. The van der Waals surface area contributed by atoms with Gasteiger partial charge in [-0.2, -0.15) is 15.1 Å². The van der Waals surface area contributed by atoms with Crippen LogP contribution in [0, 0.1) is 21.4 Å². The molecule has 1 aromatic heterocycles. The number of amides is 1. The number of hydrogen-bond acceptors (Lipinski definition) is 7. The van der Waals surface area contributed by atoms with E-state index in [2.05, 4.69) is 23.9 Å². The highest BCUT2D eigenvalue weighted by Gasteiger charge is 2.37. The summed E-state index contributed by atoms with van der Waals surface area (Å²) in [5.74, 6) is 0.570. The van der Waals surface area contributed by atoms with Crippen LogP contribution in [0.1, 0.15) is 32.4 Å². The number of aliphatic imine (C=N–C) groups is 1. The molecular formula is C21H19N5O4S. The highest BCUT2D eigenvalue weighted by Crippen LogP contribution is 2.33. The van der Waals surface area contributed by atoms with Gasteiger partial charge in [0.05, 0.1) is 10.5 Å². The van der Waals surface area contributed by atoms with Gasteiger partial charge in [-0.25, -0.2) is 0 Å². The first-order valence-corrected chi connectivity index (χ1v) is 10.6. The van der Waals surface area contributed by atoms with E-state index in [0.717, 1.165) is 17.9 Å². The Bertz CT molecular complexity index is 1160. The first-order chi connectivity index (χ1) is 14.9. The molecule has 31 heavy (non-hydrogen) atoms. The SMILES string of the molecule is CCC(CC)C1=NN2C(=N)/C(=C/c3ccc(-c4ccc([N+](=O)[O-])cc4)o3)C(=O)N=C2S1. The molecule has 0 bridgehead atoms. The standard InChI is InChI=1S/C21H19N5O4S/c1-3-12(4-2)20-24-25-18(22)16(19(27)23-21(25)31-20)11-15-9-10-17(30-15)13-5-7-14(8-6-13)26(28)29/h5-12,22H,3-4H2,1-2H3/b16-11-,22-18?. The maximum absolute atomic E-state index is 12.6. The van der Waals surface area contributed by atoms with E-state index in [-0.39, 0.29) is 23.0 Å². The zero-order valence-electron chi connectivity index (χ0n) is 16.9. The Balaban J connectivity index is 1.59. The summed E-state index contributed by atoms with van der Waals surface area (Å²) in [6.45, 7) is 4.16. The average Bonchev–Trinajstić information content (AvgIpc) is 3.39. The Morgan fingerprint density at radius 1 is 1.23 bits per heavy atom. The van der Waals surface area contributed by atoms with Gasteiger partial charge in [-0.05, 0) is 54.9 Å². The van der Waals surface area contributed by atoms with Crippen LogP contribution in [0.15, 0.2) is 56.5 Å². The van der Waals surface area contributed by atoms with Gasteiger partial charge >= 0.3 is 0 Å². The third-order valence-corrected chi connectivity index (χ3v) is 6.15. The fourth-order valence-corrected chi connectivity index (χ4v) is 4.44. The highest BCUT2D eigenvalue weighted by atomic mass is 32.2. The van der Waals surface area contributed by atoms with Crippen molar-refractivity contribution in [3.05, 3.63) is 57.8 Å². The summed E-state index contributed by atoms with van der Waals surface area (Å²) in [5, 5.41) is 26.4. The number of carbonyl (C=O) groups is 1. The largest absolute Gasteiger partial charge is 0.457 e. The third-order valence-electron chi connectivity index (χ3n) is 5.08. The molecule has 0 aliphatic carbocycles. The number of furan rings is 1. The Hall–Kier alpha value is -3.53. The van der Waals surface area contributed by atoms with Crippen molar-refractivity contribution in [2.45, 2.75) is 26.7 Å². The summed E-state index contributed by atoms with van der Waals surface area (Å²) in [7, 11) is 0. The zero-order valence-corrected chi connectivity index (χ0v) is 17.7. The minimum Gasteiger partial charge on any atom is -0.457 e. The number of nitro benzene ring substituents is 1. The summed E-state index contributed by atoms with van der Waals surface area (Å²) in [6.07, 6.45) is 3.31. The number of hydrogen-bond donors (Lipinski definition) is 1. The van der Waals surface area contributed by atoms with Crippen molar-refractivity contribution in [2.75, 3.05) is 0 Å². The van der Waals surface area contributed by atoms with Crippen LogP contribution in [0.5, 0.6) is 0 Å². The number of carbonyl (C=O) groups excluding carboxylic acids is 1. The van der Waals surface area contributed by atoms with E-state index < -0.39 is 10.8 Å². The van der Waals surface area contributed by atoms with Gasteiger partial charge in [0.15, 0.2) is 5.84 Å². The van der Waals surface area contributed by atoms with E-state index >= 15 is 0 Å². The molecule has 0 spiro atoms.